The van der Waals surface area contributed by atoms with Crippen molar-refractivity contribution in [3.05, 3.63) is 29.6 Å². The number of halogens is 4. The summed E-state index contributed by atoms with van der Waals surface area (Å²) in [7, 11) is 0. The molecule has 0 saturated heterocycles. The lowest BCUT2D eigenvalue weighted by Gasteiger charge is -2.17. The van der Waals surface area contributed by atoms with Gasteiger partial charge in [0.15, 0.2) is 0 Å². The minimum atomic E-state index is -4.35. The zero-order valence-corrected chi connectivity index (χ0v) is 12.8. The Labute approximate surface area is 126 Å². The predicted molar refractivity (Wildman–Crippen MR) is 78.8 cm³/mol. The third-order valence-corrected chi connectivity index (χ3v) is 3.74. The van der Waals surface area contributed by atoms with E-state index in [0.717, 1.165) is 36.3 Å². The summed E-state index contributed by atoms with van der Waals surface area (Å²) in [6, 6.07) is 3.93. The van der Waals surface area contributed by atoms with Gasteiger partial charge in [-0.3, -0.25) is 0 Å². The van der Waals surface area contributed by atoms with E-state index in [9.17, 15) is 13.2 Å². The van der Waals surface area contributed by atoms with Crippen LogP contribution in [0.15, 0.2) is 18.2 Å². The molecule has 2 aromatic rings. The van der Waals surface area contributed by atoms with Gasteiger partial charge in [-0.2, -0.15) is 13.2 Å². The summed E-state index contributed by atoms with van der Waals surface area (Å²) in [5.74, 6) is 1.15. The number of nitrogens with zero attached hydrogens (tertiary/aromatic N) is 2. The van der Waals surface area contributed by atoms with E-state index in [1.807, 2.05) is 4.57 Å². The van der Waals surface area contributed by atoms with Crippen molar-refractivity contribution in [2.45, 2.75) is 45.3 Å². The van der Waals surface area contributed by atoms with Crippen molar-refractivity contribution in [2.24, 2.45) is 0 Å². The second kappa shape index (κ2) is 6.26. The van der Waals surface area contributed by atoms with Gasteiger partial charge in [0.25, 0.3) is 0 Å². The zero-order chi connectivity index (χ0) is 15.6. The topological polar surface area (TPSA) is 17.8 Å². The quantitative estimate of drug-likeness (QED) is 0.693. The molecule has 0 aliphatic heterocycles. The van der Waals surface area contributed by atoms with Gasteiger partial charge in [-0.05, 0) is 31.5 Å². The fourth-order valence-electron chi connectivity index (χ4n) is 2.62. The van der Waals surface area contributed by atoms with Crippen LogP contribution in [0.1, 0.15) is 44.1 Å². The van der Waals surface area contributed by atoms with E-state index in [1.54, 1.807) is 0 Å². The van der Waals surface area contributed by atoms with Crippen LogP contribution in [-0.2, 0) is 12.6 Å². The van der Waals surface area contributed by atoms with Gasteiger partial charge in [-0.1, -0.05) is 13.3 Å². The number of imidazole rings is 1. The molecule has 1 unspecified atom stereocenters. The summed E-state index contributed by atoms with van der Waals surface area (Å²) in [5.41, 5.74) is 0.456. The molecule has 116 valence electrons. The van der Waals surface area contributed by atoms with Crippen molar-refractivity contribution in [1.82, 2.24) is 9.55 Å². The fourth-order valence-corrected chi connectivity index (χ4v) is 2.79. The third-order valence-electron chi connectivity index (χ3n) is 3.56. The Kier molecular flexibility index (Phi) is 4.81. The Bertz CT molecular complexity index is 619. The smallest absolute Gasteiger partial charge is 0.325 e. The molecule has 1 heterocycles. The highest BCUT2D eigenvalue weighted by Crippen LogP contribution is 2.32. The van der Waals surface area contributed by atoms with Crippen molar-refractivity contribution >= 4 is 22.6 Å². The van der Waals surface area contributed by atoms with Gasteiger partial charge in [-0.25, -0.2) is 4.98 Å². The molecule has 6 heteroatoms. The highest BCUT2D eigenvalue weighted by molar-refractivity contribution is 6.17. The molecular weight excluding hydrogens is 301 g/mol. The first-order chi connectivity index (χ1) is 9.88. The average Bonchev–Trinajstić information content (AvgIpc) is 2.75. The number of hydrogen-bond acceptors (Lipinski definition) is 1. The predicted octanol–water partition coefficient (Wildman–Crippen LogP) is 5.20. The zero-order valence-electron chi connectivity index (χ0n) is 12.0. The lowest BCUT2D eigenvalue weighted by atomic mass is 10.1. The molecule has 1 aromatic heterocycles. The van der Waals surface area contributed by atoms with Crippen molar-refractivity contribution in [1.29, 1.82) is 0 Å². The Hall–Kier alpha value is -1.23. The Balaban J connectivity index is 2.57. The first-order valence-electron chi connectivity index (χ1n) is 7.02. The summed E-state index contributed by atoms with van der Waals surface area (Å²) in [5, 5.41) is 0. The SMILES string of the molecule is CCCC(C)n1c(CCCl)nc2cc(C(F)(F)F)ccc21. The molecule has 0 spiro atoms. The standard InChI is InChI=1S/C15H18ClF3N2/c1-3-4-10(2)21-13-6-5-11(15(17,18)19)9-12(13)20-14(21)7-8-16/h5-6,9-10H,3-4,7-8H2,1-2H3. The number of aryl methyl sites for hydroxylation is 1. The van der Waals surface area contributed by atoms with Crippen LogP contribution in [0.2, 0.25) is 0 Å². The van der Waals surface area contributed by atoms with Crippen LogP contribution in [-0.4, -0.2) is 15.4 Å². The molecule has 2 nitrogen and oxygen atoms in total. The highest BCUT2D eigenvalue weighted by atomic mass is 35.5. The summed E-state index contributed by atoms with van der Waals surface area (Å²) in [6.45, 7) is 4.14. The summed E-state index contributed by atoms with van der Waals surface area (Å²) < 4.78 is 40.4. The molecule has 1 atom stereocenters. The van der Waals surface area contributed by atoms with Crippen LogP contribution in [0.4, 0.5) is 13.2 Å². The van der Waals surface area contributed by atoms with Gasteiger partial charge in [-0.15, -0.1) is 11.6 Å². The van der Waals surface area contributed by atoms with Crippen LogP contribution in [0.25, 0.3) is 11.0 Å². The molecular formula is C15H18ClF3N2. The molecule has 0 saturated carbocycles. The Morgan fingerprint density at radius 2 is 2.05 bits per heavy atom. The number of aromatic nitrogens is 2. The van der Waals surface area contributed by atoms with E-state index in [1.165, 1.54) is 6.07 Å². The minimum absolute atomic E-state index is 0.190. The minimum Gasteiger partial charge on any atom is -0.325 e. The van der Waals surface area contributed by atoms with Gasteiger partial charge in [0.2, 0.25) is 0 Å². The Morgan fingerprint density at radius 3 is 2.62 bits per heavy atom. The summed E-state index contributed by atoms with van der Waals surface area (Å²) in [6.07, 6.45) is -1.85. The molecule has 0 radical (unpaired) electrons. The van der Waals surface area contributed by atoms with Gasteiger partial charge in [0.05, 0.1) is 16.6 Å². The van der Waals surface area contributed by atoms with Crippen LogP contribution < -0.4 is 0 Å². The lowest BCUT2D eigenvalue weighted by molar-refractivity contribution is -0.137. The molecule has 0 aliphatic rings. The molecule has 0 amide bonds. The van der Waals surface area contributed by atoms with E-state index in [-0.39, 0.29) is 6.04 Å². The van der Waals surface area contributed by atoms with Crippen molar-refractivity contribution in [3.8, 4) is 0 Å². The van der Waals surface area contributed by atoms with Crippen LogP contribution >= 0.6 is 11.6 Å². The first kappa shape index (κ1) is 16.1. The molecule has 0 bridgehead atoms. The molecule has 0 fully saturated rings. The molecule has 0 N–H and O–H groups in total. The third kappa shape index (κ3) is 3.34. The maximum absolute atomic E-state index is 12.8. The van der Waals surface area contributed by atoms with E-state index < -0.39 is 11.7 Å². The van der Waals surface area contributed by atoms with Gasteiger partial charge < -0.3 is 4.57 Å². The normalized spacial score (nSPS) is 13.8. The molecule has 1 aromatic carbocycles. The average molecular weight is 319 g/mol. The second-order valence-corrected chi connectivity index (χ2v) is 5.55. The summed E-state index contributed by atoms with van der Waals surface area (Å²) >= 11 is 5.79. The number of rotatable bonds is 5. The fraction of sp³-hybridized carbons (Fsp3) is 0.533. The van der Waals surface area contributed by atoms with Gasteiger partial charge >= 0.3 is 6.18 Å². The van der Waals surface area contributed by atoms with Gasteiger partial charge in [0, 0.05) is 18.3 Å². The van der Waals surface area contributed by atoms with E-state index in [2.05, 4.69) is 18.8 Å². The van der Waals surface area contributed by atoms with Crippen molar-refractivity contribution in [3.63, 3.8) is 0 Å². The van der Waals surface area contributed by atoms with E-state index >= 15 is 0 Å². The van der Waals surface area contributed by atoms with Crippen molar-refractivity contribution < 1.29 is 13.2 Å². The largest absolute Gasteiger partial charge is 0.416 e. The lowest BCUT2D eigenvalue weighted by Crippen LogP contribution is -2.10. The molecule has 21 heavy (non-hydrogen) atoms. The summed E-state index contributed by atoms with van der Waals surface area (Å²) in [4.78, 5) is 4.36. The monoisotopic (exact) mass is 318 g/mol. The second-order valence-electron chi connectivity index (χ2n) is 5.18. The Morgan fingerprint density at radius 1 is 1.33 bits per heavy atom. The van der Waals surface area contributed by atoms with Crippen LogP contribution in [0.5, 0.6) is 0 Å². The van der Waals surface area contributed by atoms with Gasteiger partial charge in [0.1, 0.15) is 5.82 Å². The number of benzene rings is 1. The highest BCUT2D eigenvalue weighted by Gasteiger charge is 2.31. The van der Waals surface area contributed by atoms with Crippen LogP contribution in [0.3, 0.4) is 0 Å². The van der Waals surface area contributed by atoms with E-state index in [4.69, 9.17) is 11.6 Å². The van der Waals surface area contributed by atoms with Crippen molar-refractivity contribution in [2.75, 3.05) is 5.88 Å². The maximum Gasteiger partial charge on any atom is 0.416 e. The number of fused-ring (bicyclic) bond motifs is 1. The molecule has 2 rings (SSSR count). The number of alkyl halides is 4. The molecule has 0 aliphatic carbocycles. The van der Waals surface area contributed by atoms with Crippen LogP contribution in [0, 0.1) is 0 Å². The maximum atomic E-state index is 12.8. The number of hydrogen-bond donors (Lipinski definition) is 0. The first-order valence-corrected chi connectivity index (χ1v) is 7.56. The van der Waals surface area contributed by atoms with E-state index in [0.29, 0.717) is 17.8 Å².